The van der Waals surface area contributed by atoms with Gasteiger partial charge in [-0.3, -0.25) is 27.3 Å². The average Bonchev–Trinajstić information content (AvgIpc) is 2.83. The maximum Gasteiger partial charge on any atom is 0.353 e. The molecule has 6 N–H and O–H groups in total. The highest BCUT2D eigenvalue weighted by Crippen LogP contribution is 2.53. The minimum absolute atomic E-state index is 0.0655. The molecule has 216 valence electrons. The van der Waals surface area contributed by atoms with E-state index in [1.54, 1.807) is 20.8 Å². The minimum atomic E-state index is -4.83. The Morgan fingerprint density at radius 3 is 0.944 bits per heavy atom. The Balaban J connectivity index is 3.80. The summed E-state index contributed by atoms with van der Waals surface area (Å²) in [5.74, 6) is 0. The number of rotatable bonds is 18. The van der Waals surface area contributed by atoms with Gasteiger partial charge in [0.1, 0.15) is 55.7 Å². The molecule has 1 aliphatic carbocycles. The van der Waals surface area contributed by atoms with Crippen LogP contribution >= 0.6 is 22.8 Å². The third-order valence-corrected chi connectivity index (χ3v) is 7.67. The van der Waals surface area contributed by atoms with Gasteiger partial charge in [0.15, 0.2) is 0 Å². The standard InChI is InChI=1S/C18H39O15P3/c1-4-7-28-13-14(29-8-5-2)16(31-34(22,23)10-19)18(33-36(26,27)12-21)17(15(13)30-9-6-3)32-35(24,25)11-20/h13-21H,4-12H2,1-3H3,(H,22,23)(H,24,25)(H,26,27). The van der Waals surface area contributed by atoms with Crippen molar-refractivity contribution in [3.63, 3.8) is 0 Å². The maximum absolute atomic E-state index is 12.4. The average molecular weight is 588 g/mol. The van der Waals surface area contributed by atoms with Crippen LogP contribution < -0.4 is 0 Å². The second kappa shape index (κ2) is 15.7. The molecule has 0 radical (unpaired) electrons. The van der Waals surface area contributed by atoms with Crippen LogP contribution in [0.25, 0.3) is 0 Å². The van der Waals surface area contributed by atoms with E-state index >= 15 is 0 Å². The van der Waals surface area contributed by atoms with Crippen LogP contribution in [0.1, 0.15) is 40.0 Å². The first-order chi connectivity index (χ1) is 16.8. The van der Waals surface area contributed by atoms with E-state index in [-0.39, 0.29) is 19.8 Å². The summed E-state index contributed by atoms with van der Waals surface area (Å²) >= 11 is 0. The summed E-state index contributed by atoms with van der Waals surface area (Å²) in [5.41, 5.74) is 0. The van der Waals surface area contributed by atoms with Gasteiger partial charge in [-0.25, -0.2) is 0 Å². The molecule has 18 heteroatoms. The Kier molecular flexibility index (Phi) is 14.9. The largest absolute Gasteiger partial charge is 0.384 e. The van der Waals surface area contributed by atoms with E-state index in [9.17, 15) is 43.7 Å². The zero-order valence-corrected chi connectivity index (χ0v) is 23.2. The van der Waals surface area contributed by atoms with Crippen LogP contribution in [-0.4, -0.2) is 105 Å². The Bertz CT molecular complexity index is 737. The molecule has 1 saturated carbocycles. The first kappa shape index (κ1) is 34.2. The fourth-order valence-corrected chi connectivity index (χ4v) is 5.54. The van der Waals surface area contributed by atoms with Crippen LogP contribution in [-0.2, 0) is 41.5 Å². The number of aliphatic hydroxyl groups is 3. The topological polar surface area (TPSA) is 228 Å². The molecule has 0 bridgehead atoms. The first-order valence-corrected chi connectivity index (χ1v) is 16.8. The number of hydrogen-bond donors (Lipinski definition) is 6. The molecule has 7 atom stereocenters. The van der Waals surface area contributed by atoms with Crippen molar-refractivity contribution in [3.8, 4) is 0 Å². The van der Waals surface area contributed by atoms with Crippen LogP contribution in [0.15, 0.2) is 0 Å². The van der Waals surface area contributed by atoms with E-state index in [1.807, 2.05) is 0 Å². The summed E-state index contributed by atoms with van der Waals surface area (Å²) in [7, 11) is -14.4. The predicted octanol–water partition coefficient (Wildman–Crippen LogP) is 0.947. The highest BCUT2D eigenvalue weighted by Gasteiger charge is 2.59. The van der Waals surface area contributed by atoms with E-state index < -0.39 is 78.5 Å². The lowest BCUT2D eigenvalue weighted by Gasteiger charge is -2.49. The van der Waals surface area contributed by atoms with Crippen LogP contribution in [0.3, 0.4) is 0 Å². The Morgan fingerprint density at radius 2 is 0.722 bits per heavy atom. The number of ether oxygens (including phenoxy) is 3. The first-order valence-electron chi connectivity index (χ1n) is 11.5. The predicted molar refractivity (Wildman–Crippen MR) is 125 cm³/mol. The summed E-state index contributed by atoms with van der Waals surface area (Å²) in [5, 5.41) is 28.0. The SMILES string of the molecule is CCCOC1C(OCCC)C(OP(=O)(O)CO)C(OP(=O)(O)CO)C(OP(=O)(O)CO)C1OCCC. The molecule has 36 heavy (non-hydrogen) atoms. The van der Waals surface area contributed by atoms with Crippen molar-refractivity contribution >= 4 is 22.8 Å². The second-order valence-electron chi connectivity index (χ2n) is 8.05. The third kappa shape index (κ3) is 10.4. The highest BCUT2D eigenvalue weighted by atomic mass is 31.2. The van der Waals surface area contributed by atoms with Gasteiger partial charge in [-0.15, -0.1) is 0 Å². The molecule has 15 nitrogen and oxygen atoms in total. The molecule has 7 unspecified atom stereocenters. The second-order valence-corrected chi connectivity index (χ2v) is 13.4. The van der Waals surface area contributed by atoms with Gasteiger partial charge >= 0.3 is 22.8 Å². The van der Waals surface area contributed by atoms with E-state index in [0.717, 1.165) is 0 Å². The minimum Gasteiger partial charge on any atom is -0.384 e. The van der Waals surface area contributed by atoms with Crippen molar-refractivity contribution < 1.29 is 71.5 Å². The van der Waals surface area contributed by atoms with E-state index in [0.29, 0.717) is 19.3 Å². The summed E-state index contributed by atoms with van der Waals surface area (Å²) in [6.07, 6.45) is -12.0. The Hall–Kier alpha value is 0.210. The quantitative estimate of drug-likeness (QED) is 0.122. The van der Waals surface area contributed by atoms with Crippen molar-refractivity contribution in [2.75, 3.05) is 38.9 Å². The van der Waals surface area contributed by atoms with Gasteiger partial charge in [-0.2, -0.15) is 0 Å². The Morgan fingerprint density at radius 1 is 0.500 bits per heavy atom. The third-order valence-electron chi connectivity index (χ3n) is 4.88. The van der Waals surface area contributed by atoms with Gasteiger partial charge in [0.05, 0.1) is 0 Å². The van der Waals surface area contributed by atoms with Crippen molar-refractivity contribution in [1.29, 1.82) is 0 Å². The Labute approximate surface area is 210 Å². The molecule has 0 aromatic heterocycles. The van der Waals surface area contributed by atoms with Crippen LogP contribution in [0, 0.1) is 0 Å². The maximum atomic E-state index is 12.4. The molecule has 0 aromatic carbocycles. The molecule has 0 aliphatic heterocycles. The van der Waals surface area contributed by atoms with Crippen molar-refractivity contribution in [2.24, 2.45) is 0 Å². The monoisotopic (exact) mass is 588 g/mol. The summed E-state index contributed by atoms with van der Waals surface area (Å²) in [4.78, 5) is 30.2. The lowest BCUT2D eigenvalue weighted by molar-refractivity contribution is -0.245. The number of hydrogen-bond acceptors (Lipinski definition) is 12. The molecule has 0 spiro atoms. The lowest BCUT2D eigenvalue weighted by atomic mass is 9.84. The summed E-state index contributed by atoms with van der Waals surface area (Å²) < 4.78 is 70.4. The fourth-order valence-electron chi connectivity index (χ4n) is 3.48. The number of aliphatic hydroxyl groups excluding tert-OH is 3. The summed E-state index contributed by atoms with van der Waals surface area (Å²) in [6, 6.07) is 0. The smallest absolute Gasteiger partial charge is 0.353 e. The highest BCUT2D eigenvalue weighted by molar-refractivity contribution is 7.53. The van der Waals surface area contributed by atoms with Crippen LogP contribution in [0.2, 0.25) is 0 Å². The lowest BCUT2D eigenvalue weighted by Crippen LogP contribution is -2.67. The van der Waals surface area contributed by atoms with Gasteiger partial charge in [0, 0.05) is 19.8 Å². The van der Waals surface area contributed by atoms with Gasteiger partial charge in [-0.1, -0.05) is 20.8 Å². The fraction of sp³-hybridized carbons (Fsp3) is 1.00. The molecule has 0 heterocycles. The van der Waals surface area contributed by atoms with Crippen molar-refractivity contribution in [2.45, 2.75) is 76.7 Å². The zero-order chi connectivity index (χ0) is 27.6. The van der Waals surface area contributed by atoms with Gasteiger partial charge in [-0.05, 0) is 19.3 Å². The molecular formula is C18H39O15P3. The molecule has 0 saturated heterocycles. The van der Waals surface area contributed by atoms with E-state index in [2.05, 4.69) is 0 Å². The van der Waals surface area contributed by atoms with Gasteiger partial charge in [0.2, 0.25) is 0 Å². The molecule has 1 aliphatic rings. The van der Waals surface area contributed by atoms with Gasteiger partial charge < -0.3 is 44.2 Å². The molecule has 1 rings (SSSR count). The van der Waals surface area contributed by atoms with E-state index in [4.69, 9.17) is 27.8 Å². The zero-order valence-electron chi connectivity index (χ0n) is 20.5. The van der Waals surface area contributed by atoms with E-state index in [1.165, 1.54) is 0 Å². The summed E-state index contributed by atoms with van der Waals surface area (Å²) in [6.45, 7) is 5.59. The molecule has 0 amide bonds. The van der Waals surface area contributed by atoms with Crippen molar-refractivity contribution in [1.82, 2.24) is 0 Å². The molecular weight excluding hydrogens is 549 g/mol. The molecule has 1 fully saturated rings. The van der Waals surface area contributed by atoms with Crippen LogP contribution in [0.5, 0.6) is 0 Å². The normalized spacial score (nSPS) is 31.9. The molecule has 0 aromatic rings. The van der Waals surface area contributed by atoms with Gasteiger partial charge in [0.25, 0.3) is 0 Å². The van der Waals surface area contributed by atoms with Crippen LogP contribution in [0.4, 0.5) is 0 Å². The van der Waals surface area contributed by atoms with Crippen molar-refractivity contribution in [3.05, 3.63) is 0 Å².